The highest BCUT2D eigenvalue weighted by molar-refractivity contribution is 4.70. The normalized spacial score (nSPS) is 18.8. The first-order chi connectivity index (χ1) is 5.33. The summed E-state index contributed by atoms with van der Waals surface area (Å²) in [5, 5.41) is 8.63. The Balaban J connectivity index is 1.92. The summed E-state index contributed by atoms with van der Waals surface area (Å²) in [6, 6.07) is 0. The molecule has 1 saturated carbocycles. The Morgan fingerprint density at radius 3 is 2.55 bits per heavy atom. The third-order valence-corrected chi connectivity index (χ3v) is 2.63. The molecule has 0 unspecified atom stereocenters. The van der Waals surface area contributed by atoms with E-state index in [1.165, 1.54) is 25.7 Å². The lowest BCUT2D eigenvalue weighted by Gasteiger charge is -2.27. The largest absolute Gasteiger partial charge is 0.395 e. The van der Waals surface area contributed by atoms with Crippen LogP contribution in [0.25, 0.3) is 0 Å². The van der Waals surface area contributed by atoms with Gasteiger partial charge in [0.05, 0.1) is 6.61 Å². The van der Waals surface area contributed by atoms with E-state index in [9.17, 15) is 0 Å². The molecule has 1 fully saturated rings. The van der Waals surface area contributed by atoms with Crippen LogP contribution in [-0.2, 0) is 0 Å². The summed E-state index contributed by atoms with van der Waals surface area (Å²) in [4.78, 5) is 2.21. The van der Waals surface area contributed by atoms with Gasteiger partial charge in [0.15, 0.2) is 0 Å². The Morgan fingerprint density at radius 1 is 1.36 bits per heavy atom. The van der Waals surface area contributed by atoms with Gasteiger partial charge in [0.1, 0.15) is 0 Å². The number of hydrogen-bond acceptors (Lipinski definition) is 2. The van der Waals surface area contributed by atoms with Crippen molar-refractivity contribution >= 4 is 0 Å². The maximum atomic E-state index is 8.63. The van der Waals surface area contributed by atoms with E-state index < -0.39 is 0 Å². The summed E-state index contributed by atoms with van der Waals surface area (Å²) >= 11 is 0. The van der Waals surface area contributed by atoms with Gasteiger partial charge in [-0.2, -0.15) is 0 Å². The molecule has 1 aliphatic carbocycles. The Hall–Kier alpha value is -0.0800. The second-order valence-electron chi connectivity index (χ2n) is 3.61. The number of aliphatic hydroxyl groups is 1. The first-order valence-electron chi connectivity index (χ1n) is 4.62. The molecule has 0 amide bonds. The fourth-order valence-corrected chi connectivity index (χ4v) is 1.47. The van der Waals surface area contributed by atoms with Crippen molar-refractivity contribution in [2.24, 2.45) is 5.92 Å². The van der Waals surface area contributed by atoms with Crippen molar-refractivity contribution in [3.63, 3.8) is 0 Å². The van der Waals surface area contributed by atoms with E-state index in [2.05, 4.69) is 11.9 Å². The minimum atomic E-state index is 0.293. The van der Waals surface area contributed by atoms with Gasteiger partial charge in [-0.05, 0) is 25.9 Å². The highest BCUT2D eigenvalue weighted by atomic mass is 16.3. The molecule has 2 heteroatoms. The van der Waals surface area contributed by atoms with Gasteiger partial charge in [-0.3, -0.25) is 0 Å². The van der Waals surface area contributed by atoms with Crippen LogP contribution in [0.3, 0.4) is 0 Å². The third-order valence-electron chi connectivity index (χ3n) is 2.63. The van der Waals surface area contributed by atoms with Gasteiger partial charge in [0.25, 0.3) is 0 Å². The van der Waals surface area contributed by atoms with Crippen molar-refractivity contribution in [1.29, 1.82) is 0 Å². The van der Waals surface area contributed by atoms with E-state index in [0.29, 0.717) is 6.61 Å². The monoisotopic (exact) mass is 157 g/mol. The van der Waals surface area contributed by atoms with Crippen LogP contribution in [0.5, 0.6) is 0 Å². The van der Waals surface area contributed by atoms with Crippen LogP contribution in [0.2, 0.25) is 0 Å². The molecule has 1 rings (SSSR count). The highest BCUT2D eigenvalue weighted by Crippen LogP contribution is 2.29. The maximum absolute atomic E-state index is 8.63. The number of nitrogens with zero attached hydrogens (tertiary/aromatic N) is 1. The van der Waals surface area contributed by atoms with Crippen molar-refractivity contribution in [2.75, 3.05) is 26.7 Å². The standard InChI is InChI=1S/C9H19NO/c1-10(7-8-11)6-5-9-3-2-4-9/h9,11H,2-8H2,1H3. The fourth-order valence-electron chi connectivity index (χ4n) is 1.47. The molecule has 2 nitrogen and oxygen atoms in total. The van der Waals surface area contributed by atoms with Gasteiger partial charge in [-0.15, -0.1) is 0 Å². The average molecular weight is 157 g/mol. The smallest absolute Gasteiger partial charge is 0.0558 e. The molecule has 0 aromatic carbocycles. The van der Waals surface area contributed by atoms with Crippen LogP contribution in [0.15, 0.2) is 0 Å². The average Bonchev–Trinajstić information content (AvgIpc) is 1.85. The van der Waals surface area contributed by atoms with Gasteiger partial charge in [-0.25, -0.2) is 0 Å². The Kier molecular flexibility index (Phi) is 3.87. The lowest BCUT2D eigenvalue weighted by molar-refractivity contribution is 0.196. The zero-order valence-electron chi connectivity index (χ0n) is 7.42. The van der Waals surface area contributed by atoms with Crippen molar-refractivity contribution < 1.29 is 5.11 Å². The topological polar surface area (TPSA) is 23.5 Å². The number of likely N-dealkylation sites (N-methyl/N-ethyl adjacent to an activating group) is 1. The molecule has 0 spiro atoms. The Labute approximate surface area is 69.2 Å². The molecule has 0 saturated heterocycles. The minimum Gasteiger partial charge on any atom is -0.395 e. The lowest BCUT2D eigenvalue weighted by Crippen LogP contribution is -2.26. The van der Waals surface area contributed by atoms with E-state index in [1.807, 2.05) is 0 Å². The molecule has 0 heterocycles. The fraction of sp³-hybridized carbons (Fsp3) is 1.00. The molecule has 0 bridgehead atoms. The quantitative estimate of drug-likeness (QED) is 0.646. The predicted octanol–water partition coefficient (Wildman–Crippen LogP) is 1.10. The SMILES string of the molecule is CN(CCO)CCC1CCC1. The van der Waals surface area contributed by atoms with Crippen molar-refractivity contribution in [1.82, 2.24) is 4.90 Å². The molecular weight excluding hydrogens is 138 g/mol. The molecule has 1 N–H and O–H groups in total. The third kappa shape index (κ3) is 3.21. The number of hydrogen-bond donors (Lipinski definition) is 1. The first-order valence-corrected chi connectivity index (χ1v) is 4.62. The summed E-state index contributed by atoms with van der Waals surface area (Å²) < 4.78 is 0. The van der Waals surface area contributed by atoms with Crippen LogP contribution in [0, 0.1) is 5.92 Å². The number of rotatable bonds is 5. The maximum Gasteiger partial charge on any atom is 0.0558 e. The predicted molar refractivity (Wildman–Crippen MR) is 46.5 cm³/mol. The molecule has 0 aliphatic heterocycles. The lowest BCUT2D eigenvalue weighted by atomic mass is 9.83. The van der Waals surface area contributed by atoms with E-state index in [1.54, 1.807) is 0 Å². The van der Waals surface area contributed by atoms with Crippen LogP contribution in [-0.4, -0.2) is 36.8 Å². The number of aliphatic hydroxyl groups excluding tert-OH is 1. The van der Waals surface area contributed by atoms with Gasteiger partial charge < -0.3 is 10.0 Å². The minimum absolute atomic E-state index is 0.293. The highest BCUT2D eigenvalue weighted by Gasteiger charge is 2.16. The van der Waals surface area contributed by atoms with E-state index >= 15 is 0 Å². The Bertz CT molecular complexity index is 102. The van der Waals surface area contributed by atoms with E-state index in [-0.39, 0.29) is 0 Å². The molecule has 0 radical (unpaired) electrons. The molecule has 66 valence electrons. The van der Waals surface area contributed by atoms with Gasteiger partial charge >= 0.3 is 0 Å². The van der Waals surface area contributed by atoms with Crippen molar-refractivity contribution in [2.45, 2.75) is 25.7 Å². The van der Waals surface area contributed by atoms with E-state index in [0.717, 1.165) is 19.0 Å². The molecule has 0 aromatic heterocycles. The first kappa shape index (κ1) is 9.01. The van der Waals surface area contributed by atoms with Gasteiger partial charge in [0.2, 0.25) is 0 Å². The van der Waals surface area contributed by atoms with Crippen LogP contribution in [0.1, 0.15) is 25.7 Å². The Morgan fingerprint density at radius 2 is 2.09 bits per heavy atom. The van der Waals surface area contributed by atoms with Crippen LogP contribution < -0.4 is 0 Å². The second-order valence-corrected chi connectivity index (χ2v) is 3.61. The summed E-state index contributed by atoms with van der Waals surface area (Å²) in [5.74, 6) is 0.996. The summed E-state index contributed by atoms with van der Waals surface area (Å²) in [6.07, 6.45) is 5.64. The zero-order chi connectivity index (χ0) is 8.10. The van der Waals surface area contributed by atoms with E-state index in [4.69, 9.17) is 5.11 Å². The van der Waals surface area contributed by atoms with Crippen LogP contribution >= 0.6 is 0 Å². The summed E-state index contributed by atoms with van der Waals surface area (Å²) in [7, 11) is 2.08. The van der Waals surface area contributed by atoms with Crippen LogP contribution in [0.4, 0.5) is 0 Å². The molecule has 11 heavy (non-hydrogen) atoms. The second kappa shape index (κ2) is 4.73. The van der Waals surface area contributed by atoms with Crippen molar-refractivity contribution in [3.05, 3.63) is 0 Å². The zero-order valence-corrected chi connectivity index (χ0v) is 7.42. The van der Waals surface area contributed by atoms with Gasteiger partial charge in [0, 0.05) is 6.54 Å². The molecule has 1 aliphatic rings. The molecule has 0 aromatic rings. The van der Waals surface area contributed by atoms with Crippen molar-refractivity contribution in [3.8, 4) is 0 Å². The molecule has 0 atom stereocenters. The summed E-state index contributed by atoms with van der Waals surface area (Å²) in [5.41, 5.74) is 0. The summed E-state index contributed by atoms with van der Waals surface area (Å²) in [6.45, 7) is 2.28. The molecular formula is C9H19NO. The van der Waals surface area contributed by atoms with Gasteiger partial charge in [-0.1, -0.05) is 19.3 Å².